The number of carbonyl (C=O) groups excluding carboxylic acids is 1. The van der Waals surface area contributed by atoms with E-state index in [0.29, 0.717) is 11.3 Å². The van der Waals surface area contributed by atoms with Crippen LogP contribution in [-0.4, -0.2) is 32.0 Å². The molecule has 18 heavy (non-hydrogen) atoms. The molecule has 0 N–H and O–H groups in total. The summed E-state index contributed by atoms with van der Waals surface area (Å²) in [6, 6.07) is 8.95. The van der Waals surface area contributed by atoms with Crippen molar-refractivity contribution in [2.24, 2.45) is 0 Å². The minimum Gasteiger partial charge on any atom is -0.467 e. The van der Waals surface area contributed by atoms with Gasteiger partial charge in [-0.2, -0.15) is 0 Å². The van der Waals surface area contributed by atoms with Gasteiger partial charge in [-0.05, 0) is 12.1 Å². The van der Waals surface area contributed by atoms with E-state index in [1.165, 1.54) is 14.2 Å². The van der Waals surface area contributed by atoms with Gasteiger partial charge < -0.3 is 14.2 Å². The zero-order chi connectivity index (χ0) is 13.0. The van der Waals surface area contributed by atoms with E-state index in [1.807, 2.05) is 18.2 Å². The van der Waals surface area contributed by atoms with E-state index in [2.05, 4.69) is 9.72 Å². The molecule has 2 rings (SSSR count). The highest BCUT2D eigenvalue weighted by molar-refractivity contribution is 5.93. The molecule has 5 nitrogen and oxygen atoms in total. The lowest BCUT2D eigenvalue weighted by atomic mass is 10.2. The lowest BCUT2D eigenvalue weighted by Crippen LogP contribution is -2.06. The van der Waals surface area contributed by atoms with E-state index in [0.717, 1.165) is 5.39 Å². The minimum atomic E-state index is -0.497. The number of hydrogen-bond donors (Lipinski definition) is 0. The number of para-hydroxylation sites is 1. The summed E-state index contributed by atoms with van der Waals surface area (Å²) < 4.78 is 15.0. The first kappa shape index (κ1) is 12.3. The summed E-state index contributed by atoms with van der Waals surface area (Å²) in [5.74, 6) is 0.0471. The molecule has 2 aromatic rings. The molecule has 0 amide bonds. The normalized spacial score (nSPS) is 10.3. The Morgan fingerprint density at radius 2 is 2.06 bits per heavy atom. The molecule has 0 fully saturated rings. The maximum atomic E-state index is 11.5. The molecule has 0 saturated carbocycles. The number of pyridine rings is 1. The van der Waals surface area contributed by atoms with Gasteiger partial charge in [-0.15, -0.1) is 0 Å². The SMILES string of the molecule is COCOc1cc(C(=O)OC)nc2ccccc12. The number of nitrogens with zero attached hydrogens (tertiary/aromatic N) is 1. The summed E-state index contributed by atoms with van der Waals surface area (Å²) in [7, 11) is 2.85. The van der Waals surface area contributed by atoms with Gasteiger partial charge >= 0.3 is 5.97 Å². The van der Waals surface area contributed by atoms with Crippen molar-refractivity contribution in [2.75, 3.05) is 21.0 Å². The maximum absolute atomic E-state index is 11.5. The van der Waals surface area contributed by atoms with E-state index < -0.39 is 5.97 Å². The van der Waals surface area contributed by atoms with E-state index in [1.54, 1.807) is 12.1 Å². The Kier molecular flexibility index (Phi) is 3.74. The first-order valence-corrected chi connectivity index (χ1v) is 5.36. The fraction of sp³-hybridized carbons (Fsp3) is 0.231. The van der Waals surface area contributed by atoms with Crippen LogP contribution in [0.15, 0.2) is 30.3 Å². The largest absolute Gasteiger partial charge is 0.467 e. The monoisotopic (exact) mass is 247 g/mol. The van der Waals surface area contributed by atoms with Crippen molar-refractivity contribution in [2.45, 2.75) is 0 Å². The number of ether oxygens (including phenoxy) is 3. The number of aromatic nitrogens is 1. The van der Waals surface area contributed by atoms with Crippen molar-refractivity contribution >= 4 is 16.9 Å². The van der Waals surface area contributed by atoms with Gasteiger partial charge in [0, 0.05) is 18.6 Å². The van der Waals surface area contributed by atoms with Crippen LogP contribution in [0.5, 0.6) is 5.75 Å². The molecule has 0 spiro atoms. The second-order valence-electron chi connectivity index (χ2n) is 3.57. The summed E-state index contributed by atoms with van der Waals surface area (Å²) in [5, 5.41) is 0.821. The average molecular weight is 247 g/mol. The van der Waals surface area contributed by atoms with Crippen molar-refractivity contribution in [3.8, 4) is 5.75 Å². The van der Waals surface area contributed by atoms with Gasteiger partial charge in [0.25, 0.3) is 0 Å². The van der Waals surface area contributed by atoms with Crippen LogP contribution in [0.4, 0.5) is 0 Å². The molecule has 0 aliphatic carbocycles. The molecule has 0 atom stereocenters. The molecule has 0 aliphatic rings. The van der Waals surface area contributed by atoms with Crippen molar-refractivity contribution in [1.29, 1.82) is 0 Å². The van der Waals surface area contributed by atoms with E-state index >= 15 is 0 Å². The first-order valence-electron chi connectivity index (χ1n) is 5.36. The highest BCUT2D eigenvalue weighted by Gasteiger charge is 2.12. The molecular formula is C13H13NO4. The molecule has 0 saturated heterocycles. The molecule has 0 aliphatic heterocycles. The highest BCUT2D eigenvalue weighted by atomic mass is 16.7. The summed E-state index contributed by atoms with van der Waals surface area (Å²) >= 11 is 0. The van der Waals surface area contributed by atoms with Gasteiger partial charge in [0.1, 0.15) is 5.75 Å². The molecule has 94 valence electrons. The van der Waals surface area contributed by atoms with Gasteiger partial charge in [0.05, 0.1) is 12.6 Å². The van der Waals surface area contributed by atoms with Crippen LogP contribution in [0, 0.1) is 0 Å². The summed E-state index contributed by atoms with van der Waals surface area (Å²) in [6.45, 7) is 0.106. The Balaban J connectivity index is 2.53. The number of fused-ring (bicyclic) bond motifs is 1. The van der Waals surface area contributed by atoms with Crippen LogP contribution in [0.3, 0.4) is 0 Å². The van der Waals surface area contributed by atoms with E-state index in [-0.39, 0.29) is 12.5 Å². The number of carbonyl (C=O) groups is 1. The van der Waals surface area contributed by atoms with Gasteiger partial charge in [-0.3, -0.25) is 0 Å². The third-order valence-electron chi connectivity index (χ3n) is 2.41. The fourth-order valence-corrected chi connectivity index (χ4v) is 1.59. The van der Waals surface area contributed by atoms with Gasteiger partial charge in [-0.1, -0.05) is 12.1 Å². The number of esters is 1. The van der Waals surface area contributed by atoms with Crippen LogP contribution in [-0.2, 0) is 9.47 Å². The topological polar surface area (TPSA) is 57.7 Å². The zero-order valence-electron chi connectivity index (χ0n) is 10.2. The van der Waals surface area contributed by atoms with Crippen LogP contribution in [0.25, 0.3) is 10.9 Å². The van der Waals surface area contributed by atoms with Gasteiger partial charge in [0.2, 0.25) is 0 Å². The minimum absolute atomic E-state index is 0.106. The number of hydrogen-bond acceptors (Lipinski definition) is 5. The fourth-order valence-electron chi connectivity index (χ4n) is 1.59. The molecule has 1 heterocycles. The Morgan fingerprint density at radius 3 is 2.78 bits per heavy atom. The number of rotatable bonds is 4. The number of benzene rings is 1. The Bertz CT molecular complexity index is 568. The third-order valence-corrected chi connectivity index (χ3v) is 2.41. The molecule has 5 heteroatoms. The van der Waals surface area contributed by atoms with Crippen LogP contribution in [0.1, 0.15) is 10.5 Å². The standard InChI is InChI=1S/C13H13NO4/c1-16-8-18-12-7-11(13(15)17-2)14-10-6-4-3-5-9(10)12/h3-7H,8H2,1-2H3. The van der Waals surface area contributed by atoms with Crippen LogP contribution in [0.2, 0.25) is 0 Å². The smallest absolute Gasteiger partial charge is 0.356 e. The average Bonchev–Trinajstić information content (AvgIpc) is 2.43. The van der Waals surface area contributed by atoms with Gasteiger partial charge in [0.15, 0.2) is 12.5 Å². The molecular weight excluding hydrogens is 234 g/mol. The van der Waals surface area contributed by atoms with Crippen LogP contribution < -0.4 is 4.74 Å². The molecule has 0 radical (unpaired) electrons. The summed E-state index contributed by atoms with van der Waals surface area (Å²) in [5.41, 5.74) is 0.883. The first-order chi connectivity index (χ1) is 8.76. The lowest BCUT2D eigenvalue weighted by molar-refractivity contribution is 0.0512. The van der Waals surface area contributed by atoms with Gasteiger partial charge in [-0.25, -0.2) is 9.78 Å². The summed E-state index contributed by atoms with van der Waals surface area (Å²) in [6.07, 6.45) is 0. The molecule has 0 bridgehead atoms. The van der Waals surface area contributed by atoms with Crippen LogP contribution >= 0.6 is 0 Å². The highest BCUT2D eigenvalue weighted by Crippen LogP contribution is 2.25. The third kappa shape index (κ3) is 2.41. The molecule has 1 aromatic heterocycles. The molecule has 0 unspecified atom stereocenters. The van der Waals surface area contributed by atoms with E-state index in [9.17, 15) is 4.79 Å². The van der Waals surface area contributed by atoms with E-state index in [4.69, 9.17) is 9.47 Å². The predicted molar refractivity (Wildman–Crippen MR) is 65.6 cm³/mol. The maximum Gasteiger partial charge on any atom is 0.356 e. The second kappa shape index (κ2) is 5.46. The van der Waals surface area contributed by atoms with Crippen molar-refractivity contribution in [3.05, 3.63) is 36.0 Å². The zero-order valence-corrected chi connectivity index (χ0v) is 10.2. The molecule has 1 aromatic carbocycles. The number of methoxy groups -OCH3 is 2. The second-order valence-corrected chi connectivity index (χ2v) is 3.57. The van der Waals surface area contributed by atoms with Crippen molar-refractivity contribution in [3.63, 3.8) is 0 Å². The Labute approximate surface area is 104 Å². The van der Waals surface area contributed by atoms with Crippen molar-refractivity contribution in [1.82, 2.24) is 4.98 Å². The lowest BCUT2D eigenvalue weighted by Gasteiger charge is -2.09. The Hall–Kier alpha value is -2.14. The predicted octanol–water partition coefficient (Wildman–Crippen LogP) is 2.00. The Morgan fingerprint density at radius 1 is 1.28 bits per heavy atom. The quantitative estimate of drug-likeness (QED) is 0.611. The summed E-state index contributed by atoms with van der Waals surface area (Å²) in [4.78, 5) is 15.7. The van der Waals surface area contributed by atoms with Crippen molar-refractivity contribution < 1.29 is 19.0 Å².